The third-order valence-electron chi connectivity index (χ3n) is 6.48. The summed E-state index contributed by atoms with van der Waals surface area (Å²) in [4.78, 5) is 39.8. The lowest BCUT2D eigenvalue weighted by Crippen LogP contribution is -2.51. The summed E-state index contributed by atoms with van der Waals surface area (Å²) in [5, 5.41) is 3.44. The van der Waals surface area contributed by atoms with E-state index in [4.69, 9.17) is 4.74 Å². The summed E-state index contributed by atoms with van der Waals surface area (Å²) in [7, 11) is 0. The van der Waals surface area contributed by atoms with E-state index in [0.29, 0.717) is 44.6 Å². The molecule has 2 amide bonds. The smallest absolute Gasteiger partial charge is 0.410 e. The number of piperidine rings is 1. The van der Waals surface area contributed by atoms with Crippen LogP contribution in [0.15, 0.2) is 12.4 Å². The van der Waals surface area contributed by atoms with Crippen LogP contribution in [0.4, 0.5) is 16.4 Å². The molecule has 3 heterocycles. The highest BCUT2D eigenvalue weighted by molar-refractivity contribution is 5.76. The highest BCUT2D eigenvalue weighted by Crippen LogP contribution is 2.28. The summed E-state index contributed by atoms with van der Waals surface area (Å²) < 4.78 is 5.44. The molecule has 182 valence electrons. The molecule has 1 N–H and O–H groups in total. The molecule has 3 aliphatic rings. The van der Waals surface area contributed by atoms with Crippen molar-refractivity contribution in [3.05, 3.63) is 12.4 Å². The molecule has 9 nitrogen and oxygen atoms in total. The van der Waals surface area contributed by atoms with Gasteiger partial charge in [-0.05, 0) is 58.8 Å². The van der Waals surface area contributed by atoms with Crippen molar-refractivity contribution in [2.75, 3.05) is 49.5 Å². The minimum Gasteiger partial charge on any atom is -0.444 e. The molecule has 0 aromatic carbocycles. The SMILES string of the molecule is CC(C)(C)OC(=O)N1CCN(C(=O)CC[C@H]2CCCN(c3cc(NC4CC4)ncn3)C2)CC1. The van der Waals surface area contributed by atoms with E-state index < -0.39 is 5.60 Å². The Bertz CT molecular complexity index is 830. The number of carbonyl (C=O) groups excluding carboxylic acids is 2. The Kier molecular flexibility index (Phi) is 7.24. The van der Waals surface area contributed by atoms with Gasteiger partial charge < -0.3 is 24.8 Å². The predicted molar refractivity (Wildman–Crippen MR) is 127 cm³/mol. The Hall–Kier alpha value is -2.58. The van der Waals surface area contributed by atoms with Crippen LogP contribution in [0.2, 0.25) is 0 Å². The lowest BCUT2D eigenvalue weighted by atomic mass is 9.93. The van der Waals surface area contributed by atoms with Crippen molar-refractivity contribution in [2.24, 2.45) is 5.92 Å². The third-order valence-corrected chi connectivity index (χ3v) is 6.48. The largest absolute Gasteiger partial charge is 0.444 e. The van der Waals surface area contributed by atoms with E-state index in [1.54, 1.807) is 11.2 Å². The second-order valence-corrected chi connectivity index (χ2v) is 10.5. The Labute approximate surface area is 196 Å². The fourth-order valence-electron chi connectivity index (χ4n) is 4.50. The summed E-state index contributed by atoms with van der Waals surface area (Å²) in [5.74, 6) is 2.56. The van der Waals surface area contributed by atoms with E-state index in [0.717, 1.165) is 44.0 Å². The summed E-state index contributed by atoms with van der Waals surface area (Å²) in [6, 6.07) is 2.62. The van der Waals surface area contributed by atoms with E-state index in [9.17, 15) is 9.59 Å². The van der Waals surface area contributed by atoms with Crippen LogP contribution in [0.1, 0.15) is 59.3 Å². The highest BCUT2D eigenvalue weighted by atomic mass is 16.6. The van der Waals surface area contributed by atoms with Gasteiger partial charge in [0.05, 0.1) is 0 Å². The van der Waals surface area contributed by atoms with Gasteiger partial charge in [-0.15, -0.1) is 0 Å². The van der Waals surface area contributed by atoms with Crippen molar-refractivity contribution in [3.8, 4) is 0 Å². The molecule has 0 spiro atoms. The van der Waals surface area contributed by atoms with Gasteiger partial charge in [-0.25, -0.2) is 14.8 Å². The fraction of sp³-hybridized carbons (Fsp3) is 0.750. The van der Waals surface area contributed by atoms with Gasteiger partial charge in [0.2, 0.25) is 5.91 Å². The van der Waals surface area contributed by atoms with Crippen molar-refractivity contribution in [1.29, 1.82) is 0 Å². The Morgan fingerprint density at radius 3 is 2.48 bits per heavy atom. The molecule has 0 unspecified atom stereocenters. The van der Waals surface area contributed by atoms with Crippen molar-refractivity contribution >= 4 is 23.6 Å². The number of nitrogens with one attached hydrogen (secondary N) is 1. The second-order valence-electron chi connectivity index (χ2n) is 10.5. The normalized spacial score (nSPS) is 21.7. The van der Waals surface area contributed by atoms with Crippen molar-refractivity contribution in [2.45, 2.75) is 70.9 Å². The topological polar surface area (TPSA) is 90.9 Å². The van der Waals surface area contributed by atoms with E-state index in [1.165, 1.54) is 12.8 Å². The van der Waals surface area contributed by atoms with Gasteiger partial charge in [0.1, 0.15) is 23.6 Å². The molecular formula is C24H38N6O3. The third kappa shape index (κ3) is 6.95. The molecule has 1 aromatic heterocycles. The maximum absolute atomic E-state index is 12.8. The fourth-order valence-corrected chi connectivity index (χ4v) is 4.50. The minimum absolute atomic E-state index is 0.189. The number of piperazine rings is 1. The van der Waals surface area contributed by atoms with Crippen LogP contribution in [-0.2, 0) is 9.53 Å². The van der Waals surface area contributed by atoms with Crippen LogP contribution in [-0.4, -0.2) is 82.7 Å². The van der Waals surface area contributed by atoms with E-state index in [-0.39, 0.29) is 12.0 Å². The summed E-state index contributed by atoms with van der Waals surface area (Å²) in [5.41, 5.74) is -0.501. The van der Waals surface area contributed by atoms with Gasteiger partial charge >= 0.3 is 6.09 Å². The summed E-state index contributed by atoms with van der Waals surface area (Å²) >= 11 is 0. The van der Waals surface area contributed by atoms with Gasteiger partial charge in [-0.2, -0.15) is 0 Å². The molecule has 4 rings (SSSR count). The second kappa shape index (κ2) is 10.1. The molecule has 1 atom stereocenters. The number of nitrogens with zero attached hydrogens (tertiary/aromatic N) is 5. The molecule has 1 aromatic rings. The number of amides is 2. The Morgan fingerprint density at radius 2 is 1.79 bits per heavy atom. The molecule has 3 fully saturated rings. The first-order valence-electron chi connectivity index (χ1n) is 12.4. The lowest BCUT2D eigenvalue weighted by Gasteiger charge is -2.36. The number of ether oxygens (including phenoxy) is 1. The molecule has 9 heteroatoms. The van der Waals surface area contributed by atoms with Crippen molar-refractivity contribution in [3.63, 3.8) is 0 Å². The van der Waals surface area contributed by atoms with Crippen LogP contribution >= 0.6 is 0 Å². The molecule has 0 bridgehead atoms. The zero-order valence-corrected chi connectivity index (χ0v) is 20.3. The molecule has 2 saturated heterocycles. The van der Waals surface area contributed by atoms with E-state index in [1.807, 2.05) is 25.7 Å². The highest BCUT2D eigenvalue weighted by Gasteiger charge is 2.29. The van der Waals surface area contributed by atoms with Gasteiger partial charge in [0, 0.05) is 57.8 Å². The van der Waals surface area contributed by atoms with Crippen LogP contribution in [0.5, 0.6) is 0 Å². The van der Waals surface area contributed by atoms with E-state index in [2.05, 4.69) is 26.3 Å². The number of hydrogen-bond acceptors (Lipinski definition) is 7. The Balaban J connectivity index is 1.21. The van der Waals surface area contributed by atoms with Crippen molar-refractivity contribution < 1.29 is 14.3 Å². The average molecular weight is 459 g/mol. The van der Waals surface area contributed by atoms with Crippen LogP contribution in [0.3, 0.4) is 0 Å². The molecule has 1 saturated carbocycles. The molecule has 1 aliphatic carbocycles. The molecule has 33 heavy (non-hydrogen) atoms. The number of carbonyl (C=O) groups is 2. The van der Waals surface area contributed by atoms with Crippen LogP contribution in [0, 0.1) is 5.92 Å². The molecule has 2 aliphatic heterocycles. The first-order valence-corrected chi connectivity index (χ1v) is 12.4. The quantitative estimate of drug-likeness (QED) is 0.700. The minimum atomic E-state index is -0.501. The maximum atomic E-state index is 12.8. The zero-order chi connectivity index (χ0) is 23.4. The summed E-state index contributed by atoms with van der Waals surface area (Å²) in [6.07, 6.45) is 7.49. The summed E-state index contributed by atoms with van der Waals surface area (Å²) in [6.45, 7) is 9.74. The number of rotatable bonds is 6. The van der Waals surface area contributed by atoms with Crippen molar-refractivity contribution in [1.82, 2.24) is 19.8 Å². The number of hydrogen-bond donors (Lipinski definition) is 1. The number of anilines is 2. The van der Waals surface area contributed by atoms with Gasteiger partial charge in [-0.3, -0.25) is 4.79 Å². The van der Waals surface area contributed by atoms with Crippen LogP contribution in [0.25, 0.3) is 0 Å². The number of aromatic nitrogens is 2. The Morgan fingerprint density at radius 1 is 1.06 bits per heavy atom. The van der Waals surface area contributed by atoms with Gasteiger partial charge in [-0.1, -0.05) is 0 Å². The zero-order valence-electron chi connectivity index (χ0n) is 20.3. The average Bonchev–Trinajstić information content (AvgIpc) is 3.61. The van der Waals surface area contributed by atoms with Crippen LogP contribution < -0.4 is 10.2 Å². The lowest BCUT2D eigenvalue weighted by molar-refractivity contribution is -0.133. The maximum Gasteiger partial charge on any atom is 0.410 e. The van der Waals surface area contributed by atoms with Gasteiger partial charge in [0.25, 0.3) is 0 Å². The monoisotopic (exact) mass is 458 g/mol. The molecular weight excluding hydrogens is 420 g/mol. The standard InChI is InChI=1S/C24H38N6O3/c1-24(2,3)33-23(32)29-13-11-28(12-14-29)22(31)9-6-18-5-4-10-30(16-18)21-15-20(25-17-26-21)27-19-7-8-19/h15,17-19H,4-14,16H2,1-3H3,(H,25,26,27)/t18-/m1/s1. The van der Waals surface area contributed by atoms with E-state index >= 15 is 0 Å². The first-order chi connectivity index (χ1) is 15.8. The first kappa shape index (κ1) is 23.6. The predicted octanol–water partition coefficient (Wildman–Crippen LogP) is 3.13. The molecule has 0 radical (unpaired) electrons. The van der Waals surface area contributed by atoms with Gasteiger partial charge in [0.15, 0.2) is 0 Å².